The van der Waals surface area contributed by atoms with Gasteiger partial charge in [0.25, 0.3) is 5.91 Å². The quantitative estimate of drug-likeness (QED) is 0.870. The zero-order valence-corrected chi connectivity index (χ0v) is 14.2. The van der Waals surface area contributed by atoms with Crippen LogP contribution in [0.1, 0.15) is 23.2 Å². The molecule has 2 fully saturated rings. The second kappa shape index (κ2) is 6.40. The monoisotopic (exact) mass is 352 g/mol. The Morgan fingerprint density at radius 1 is 1.15 bits per heavy atom. The van der Waals surface area contributed by atoms with Gasteiger partial charge in [0.15, 0.2) is 0 Å². The summed E-state index contributed by atoms with van der Waals surface area (Å²) < 4.78 is 0. The summed E-state index contributed by atoms with van der Waals surface area (Å²) in [5.74, 6) is -1.01. The summed E-state index contributed by atoms with van der Waals surface area (Å²) in [6, 6.07) is 9.32. The highest BCUT2D eigenvalue weighted by molar-refractivity contribution is 6.00. The van der Waals surface area contributed by atoms with Crippen LogP contribution in [0.5, 0.6) is 0 Å². The average molecular weight is 352 g/mol. The van der Waals surface area contributed by atoms with Crippen molar-refractivity contribution >= 4 is 17.8 Å². The molecule has 0 spiro atoms. The third kappa shape index (κ3) is 3.00. The van der Waals surface area contributed by atoms with Gasteiger partial charge >= 0.3 is 5.97 Å². The molecule has 1 aromatic heterocycles. The highest BCUT2D eigenvalue weighted by Crippen LogP contribution is 2.44. The molecular weight excluding hydrogens is 332 g/mol. The van der Waals surface area contributed by atoms with Crippen LogP contribution in [0.3, 0.4) is 0 Å². The fourth-order valence-corrected chi connectivity index (χ4v) is 3.80. The Labute approximate surface area is 150 Å². The third-order valence-electron chi connectivity index (χ3n) is 5.28. The number of nitrogens with zero attached hydrogens (tertiary/aromatic N) is 3. The number of carbonyl (C=O) groups excluding carboxylic acids is 1. The summed E-state index contributed by atoms with van der Waals surface area (Å²) in [6.07, 6.45) is 3.54. The van der Waals surface area contributed by atoms with Crippen molar-refractivity contribution in [3.05, 3.63) is 42.1 Å². The average Bonchev–Trinajstić information content (AvgIpc) is 3.39. The summed E-state index contributed by atoms with van der Waals surface area (Å²) >= 11 is 0. The molecule has 0 unspecified atom stereocenters. The summed E-state index contributed by atoms with van der Waals surface area (Å²) in [5.41, 5.74) is 7.33. The van der Waals surface area contributed by atoms with Gasteiger partial charge in [0.1, 0.15) is 0 Å². The molecule has 2 aromatic rings. The van der Waals surface area contributed by atoms with Gasteiger partial charge in [-0.2, -0.15) is 0 Å². The second-order valence-corrected chi connectivity index (χ2v) is 7.01. The molecular formula is C19H20N4O3. The Bertz CT molecular complexity index is 851. The molecule has 0 radical (unpaired) electrons. The molecule has 7 nitrogen and oxygen atoms in total. The lowest BCUT2D eigenvalue weighted by Gasteiger charge is -2.18. The number of carbonyl (C=O) groups is 2. The Balaban J connectivity index is 1.66. The van der Waals surface area contributed by atoms with Crippen LogP contribution in [0.25, 0.3) is 11.3 Å². The maximum Gasteiger partial charge on any atom is 0.308 e. The molecule has 1 aliphatic carbocycles. The third-order valence-corrected chi connectivity index (χ3v) is 5.28. The molecule has 1 saturated carbocycles. The maximum atomic E-state index is 13.1. The summed E-state index contributed by atoms with van der Waals surface area (Å²) in [6.45, 7) is 0.701. The van der Waals surface area contributed by atoms with E-state index in [1.165, 1.54) is 6.20 Å². The molecule has 26 heavy (non-hydrogen) atoms. The summed E-state index contributed by atoms with van der Waals surface area (Å²) in [4.78, 5) is 34.6. The number of benzene rings is 1. The van der Waals surface area contributed by atoms with Gasteiger partial charge in [0.05, 0.1) is 17.2 Å². The first-order valence-electron chi connectivity index (χ1n) is 8.74. The number of hydrogen-bond acceptors (Lipinski definition) is 5. The second-order valence-electron chi connectivity index (χ2n) is 7.01. The Hall–Kier alpha value is -2.96. The highest BCUT2D eigenvalue weighted by atomic mass is 16.4. The van der Waals surface area contributed by atoms with Crippen LogP contribution < -0.4 is 5.73 Å². The number of hydrogen-bond donors (Lipinski definition) is 2. The van der Waals surface area contributed by atoms with Crippen molar-refractivity contribution in [1.82, 2.24) is 14.9 Å². The normalized spacial score (nSPS) is 22.4. The lowest BCUT2D eigenvalue weighted by molar-refractivity contribution is -0.142. The van der Waals surface area contributed by atoms with Crippen molar-refractivity contribution in [2.24, 2.45) is 17.8 Å². The van der Waals surface area contributed by atoms with E-state index in [2.05, 4.69) is 9.97 Å². The molecule has 1 aliphatic heterocycles. The van der Waals surface area contributed by atoms with E-state index in [0.29, 0.717) is 23.7 Å². The molecule has 2 heterocycles. The lowest BCUT2D eigenvalue weighted by Crippen LogP contribution is -2.30. The van der Waals surface area contributed by atoms with Crippen LogP contribution in [-0.4, -0.2) is 44.9 Å². The van der Waals surface area contributed by atoms with Crippen LogP contribution in [0.4, 0.5) is 5.95 Å². The molecule has 1 saturated heterocycles. The molecule has 0 bridgehead atoms. The first kappa shape index (κ1) is 16.5. The number of nitrogens with two attached hydrogens (primary N) is 1. The minimum Gasteiger partial charge on any atom is -0.481 e. The van der Waals surface area contributed by atoms with Gasteiger partial charge in [-0.25, -0.2) is 9.97 Å². The van der Waals surface area contributed by atoms with Crippen molar-refractivity contribution in [2.75, 3.05) is 18.8 Å². The number of likely N-dealkylation sites (tertiary alicyclic amines) is 1. The lowest BCUT2D eigenvalue weighted by atomic mass is 9.92. The van der Waals surface area contributed by atoms with E-state index in [0.717, 1.165) is 18.4 Å². The minimum atomic E-state index is -0.825. The zero-order valence-electron chi connectivity index (χ0n) is 14.2. The van der Waals surface area contributed by atoms with E-state index >= 15 is 0 Å². The number of carboxylic acid groups (broad SMARTS) is 1. The van der Waals surface area contributed by atoms with Gasteiger partial charge in [-0.1, -0.05) is 30.3 Å². The summed E-state index contributed by atoms with van der Waals surface area (Å²) in [7, 11) is 0. The van der Waals surface area contributed by atoms with E-state index in [9.17, 15) is 14.7 Å². The van der Waals surface area contributed by atoms with Gasteiger partial charge in [-0.05, 0) is 24.7 Å². The van der Waals surface area contributed by atoms with Gasteiger partial charge in [0.2, 0.25) is 5.95 Å². The van der Waals surface area contributed by atoms with Crippen LogP contribution in [0.2, 0.25) is 0 Å². The number of rotatable bonds is 4. The molecule has 1 amide bonds. The molecule has 2 atom stereocenters. The number of nitrogen functional groups attached to an aromatic ring is 1. The van der Waals surface area contributed by atoms with Crippen LogP contribution in [0.15, 0.2) is 36.5 Å². The van der Waals surface area contributed by atoms with Crippen LogP contribution in [-0.2, 0) is 4.79 Å². The molecule has 3 N–H and O–H groups in total. The van der Waals surface area contributed by atoms with Crippen molar-refractivity contribution < 1.29 is 14.7 Å². The van der Waals surface area contributed by atoms with Gasteiger partial charge < -0.3 is 15.7 Å². The van der Waals surface area contributed by atoms with E-state index in [-0.39, 0.29) is 24.3 Å². The van der Waals surface area contributed by atoms with Crippen molar-refractivity contribution in [3.63, 3.8) is 0 Å². The predicted molar refractivity (Wildman–Crippen MR) is 95.1 cm³/mol. The fraction of sp³-hybridized carbons (Fsp3) is 0.368. The first-order valence-corrected chi connectivity index (χ1v) is 8.74. The van der Waals surface area contributed by atoms with E-state index in [1.54, 1.807) is 4.90 Å². The van der Waals surface area contributed by atoms with Gasteiger partial charge in [-0.3, -0.25) is 9.59 Å². The standard InChI is InChI=1S/C19H20N4O3/c20-19-21-8-13(16(22-19)12-4-2-1-3-5-12)17(24)23-9-14(11-6-7-11)15(10-23)18(25)26/h1-5,8,11,14-15H,6-7,9-10H2,(H,25,26)(H2,20,21,22)/t14-,15+/m1/s1. The topological polar surface area (TPSA) is 109 Å². The smallest absolute Gasteiger partial charge is 0.308 e. The number of anilines is 1. The number of amides is 1. The number of aromatic nitrogens is 2. The Morgan fingerprint density at radius 3 is 2.54 bits per heavy atom. The maximum absolute atomic E-state index is 13.1. The number of aliphatic carboxylic acids is 1. The molecule has 1 aromatic carbocycles. The van der Waals surface area contributed by atoms with Gasteiger partial charge in [-0.15, -0.1) is 0 Å². The van der Waals surface area contributed by atoms with E-state index in [4.69, 9.17) is 5.73 Å². The van der Waals surface area contributed by atoms with Crippen LogP contribution in [0, 0.1) is 17.8 Å². The predicted octanol–water partition coefficient (Wildman–Crippen LogP) is 1.91. The fourth-order valence-electron chi connectivity index (χ4n) is 3.80. The molecule has 134 valence electrons. The minimum absolute atomic E-state index is 0.0336. The molecule has 4 rings (SSSR count). The molecule has 2 aliphatic rings. The van der Waals surface area contributed by atoms with E-state index in [1.807, 2.05) is 30.3 Å². The largest absolute Gasteiger partial charge is 0.481 e. The molecule has 7 heteroatoms. The number of carboxylic acids is 1. The van der Waals surface area contributed by atoms with Crippen molar-refractivity contribution in [2.45, 2.75) is 12.8 Å². The Kier molecular flexibility index (Phi) is 4.06. The highest BCUT2D eigenvalue weighted by Gasteiger charge is 2.47. The SMILES string of the molecule is Nc1ncc(C(=O)N2C[C@H](C(=O)O)[C@@H](C3CC3)C2)c(-c2ccccc2)n1. The van der Waals surface area contributed by atoms with Crippen molar-refractivity contribution in [3.8, 4) is 11.3 Å². The van der Waals surface area contributed by atoms with Gasteiger partial charge in [0, 0.05) is 24.8 Å². The van der Waals surface area contributed by atoms with Crippen molar-refractivity contribution in [1.29, 1.82) is 0 Å². The van der Waals surface area contributed by atoms with E-state index < -0.39 is 11.9 Å². The zero-order chi connectivity index (χ0) is 18.3. The Morgan fingerprint density at radius 2 is 1.88 bits per heavy atom. The van der Waals surface area contributed by atoms with Crippen LogP contribution >= 0.6 is 0 Å². The summed E-state index contributed by atoms with van der Waals surface area (Å²) in [5, 5.41) is 9.52. The first-order chi connectivity index (χ1) is 12.5.